The fourth-order valence-electron chi connectivity index (χ4n) is 2.30. The maximum Gasteiger partial charge on any atom is 0.244 e. The molecule has 0 bridgehead atoms. The van der Waals surface area contributed by atoms with Crippen molar-refractivity contribution in [3.8, 4) is 0 Å². The number of carbonyl (C=O) groups is 1. The van der Waals surface area contributed by atoms with Crippen molar-refractivity contribution in [3.05, 3.63) is 71.3 Å². The van der Waals surface area contributed by atoms with E-state index in [4.69, 9.17) is 5.73 Å². The summed E-state index contributed by atoms with van der Waals surface area (Å²) in [6.07, 6.45) is 0.809. The number of benzene rings is 2. The molecule has 3 heteroatoms. The molecule has 21 heavy (non-hydrogen) atoms. The van der Waals surface area contributed by atoms with Gasteiger partial charge in [-0.05, 0) is 37.0 Å². The molecule has 3 nitrogen and oxygen atoms in total. The van der Waals surface area contributed by atoms with E-state index in [2.05, 4.69) is 24.4 Å². The molecular weight excluding hydrogens is 260 g/mol. The number of nitrogens with one attached hydrogen (secondary N) is 1. The molecule has 0 heterocycles. The number of nitrogens with two attached hydrogens (primary N) is 1. The third-order valence-electron chi connectivity index (χ3n) is 3.79. The van der Waals surface area contributed by atoms with E-state index in [1.54, 1.807) is 6.92 Å². The first kappa shape index (κ1) is 15.3. The number of carbonyl (C=O) groups excluding carboxylic acids is 1. The summed E-state index contributed by atoms with van der Waals surface area (Å²) in [6, 6.07) is 17.6. The normalized spacial score (nSPS) is 13.5. The molecule has 2 aromatic carbocycles. The van der Waals surface area contributed by atoms with Gasteiger partial charge in [-0.1, -0.05) is 54.6 Å². The molecule has 0 spiro atoms. The molecular formula is C18H22N2O. The first-order chi connectivity index (χ1) is 10.0. The average molecular weight is 282 g/mol. The Morgan fingerprint density at radius 3 is 2.38 bits per heavy atom. The van der Waals surface area contributed by atoms with Crippen LogP contribution >= 0.6 is 0 Å². The van der Waals surface area contributed by atoms with Crippen molar-refractivity contribution in [2.45, 2.75) is 25.8 Å². The molecule has 2 rings (SSSR count). The van der Waals surface area contributed by atoms with Crippen LogP contribution in [-0.4, -0.2) is 12.5 Å². The number of aryl methyl sites for hydroxylation is 1. The number of amides is 1. The largest absolute Gasteiger partial charge is 0.354 e. The Balaban J connectivity index is 1.94. The van der Waals surface area contributed by atoms with Gasteiger partial charge in [0.15, 0.2) is 0 Å². The second-order valence-electron chi connectivity index (χ2n) is 5.50. The molecule has 0 aliphatic rings. The Kier molecular flexibility index (Phi) is 4.76. The van der Waals surface area contributed by atoms with Crippen LogP contribution in [0, 0.1) is 6.92 Å². The fraction of sp³-hybridized carbons (Fsp3) is 0.278. The minimum absolute atomic E-state index is 0.151. The molecule has 0 aliphatic heterocycles. The predicted octanol–water partition coefficient (Wildman–Crippen LogP) is 2.53. The van der Waals surface area contributed by atoms with E-state index < -0.39 is 5.54 Å². The van der Waals surface area contributed by atoms with Gasteiger partial charge in [0.2, 0.25) is 5.91 Å². The van der Waals surface area contributed by atoms with Crippen LogP contribution in [0.1, 0.15) is 23.6 Å². The maximum atomic E-state index is 12.3. The summed E-state index contributed by atoms with van der Waals surface area (Å²) in [5.74, 6) is -0.151. The van der Waals surface area contributed by atoms with Crippen molar-refractivity contribution in [1.82, 2.24) is 5.32 Å². The summed E-state index contributed by atoms with van der Waals surface area (Å²) in [7, 11) is 0. The van der Waals surface area contributed by atoms with Gasteiger partial charge in [0, 0.05) is 6.54 Å². The third-order valence-corrected chi connectivity index (χ3v) is 3.79. The van der Waals surface area contributed by atoms with E-state index in [1.165, 1.54) is 11.1 Å². The molecule has 0 aliphatic carbocycles. The van der Waals surface area contributed by atoms with Crippen molar-refractivity contribution < 1.29 is 4.79 Å². The summed E-state index contributed by atoms with van der Waals surface area (Å²) in [5, 5.41) is 2.93. The summed E-state index contributed by atoms with van der Waals surface area (Å²) in [4.78, 5) is 12.3. The van der Waals surface area contributed by atoms with Crippen LogP contribution in [0.3, 0.4) is 0 Å². The summed E-state index contributed by atoms with van der Waals surface area (Å²) in [5.41, 5.74) is 8.48. The standard InChI is InChI=1S/C18H22N2O/c1-14-8-6-7-9-15(14)12-13-20-17(21)18(2,19)16-10-4-3-5-11-16/h3-11H,12-13,19H2,1-2H3,(H,20,21). The number of hydrogen-bond donors (Lipinski definition) is 2. The Bertz CT molecular complexity index is 606. The lowest BCUT2D eigenvalue weighted by molar-refractivity contribution is -0.126. The monoisotopic (exact) mass is 282 g/mol. The van der Waals surface area contributed by atoms with E-state index in [-0.39, 0.29) is 5.91 Å². The number of rotatable bonds is 5. The highest BCUT2D eigenvalue weighted by molar-refractivity contribution is 5.86. The Morgan fingerprint density at radius 1 is 1.10 bits per heavy atom. The van der Waals surface area contributed by atoms with Crippen molar-refractivity contribution in [3.63, 3.8) is 0 Å². The van der Waals surface area contributed by atoms with E-state index in [1.807, 2.05) is 42.5 Å². The Hall–Kier alpha value is -2.13. The number of hydrogen-bond acceptors (Lipinski definition) is 2. The second kappa shape index (κ2) is 6.55. The minimum Gasteiger partial charge on any atom is -0.354 e. The van der Waals surface area contributed by atoms with E-state index in [0.717, 1.165) is 12.0 Å². The second-order valence-corrected chi connectivity index (χ2v) is 5.50. The molecule has 0 aromatic heterocycles. The highest BCUT2D eigenvalue weighted by atomic mass is 16.2. The highest BCUT2D eigenvalue weighted by Crippen LogP contribution is 2.17. The third kappa shape index (κ3) is 3.70. The van der Waals surface area contributed by atoms with Crippen LogP contribution in [0.15, 0.2) is 54.6 Å². The quantitative estimate of drug-likeness (QED) is 0.885. The summed E-state index contributed by atoms with van der Waals surface area (Å²) in [6.45, 7) is 4.41. The molecule has 1 atom stereocenters. The molecule has 3 N–H and O–H groups in total. The molecule has 0 fully saturated rings. The van der Waals surface area contributed by atoms with Crippen LogP contribution in [0.25, 0.3) is 0 Å². The van der Waals surface area contributed by atoms with Crippen molar-refractivity contribution in [2.75, 3.05) is 6.54 Å². The highest BCUT2D eigenvalue weighted by Gasteiger charge is 2.29. The SMILES string of the molecule is Cc1ccccc1CCNC(=O)C(C)(N)c1ccccc1. The van der Waals surface area contributed by atoms with Crippen molar-refractivity contribution in [2.24, 2.45) is 5.73 Å². The van der Waals surface area contributed by atoms with Crippen molar-refractivity contribution in [1.29, 1.82) is 0 Å². The van der Waals surface area contributed by atoms with Gasteiger partial charge in [0.05, 0.1) is 0 Å². The van der Waals surface area contributed by atoms with Crippen LogP contribution in [0.5, 0.6) is 0 Å². The summed E-state index contributed by atoms with van der Waals surface area (Å²) >= 11 is 0. The lowest BCUT2D eigenvalue weighted by Crippen LogP contribution is -2.49. The van der Waals surface area contributed by atoms with Crippen LogP contribution in [-0.2, 0) is 16.8 Å². The van der Waals surface area contributed by atoms with Crippen LogP contribution in [0.4, 0.5) is 0 Å². The van der Waals surface area contributed by atoms with Gasteiger partial charge >= 0.3 is 0 Å². The molecule has 1 unspecified atom stereocenters. The van der Waals surface area contributed by atoms with Gasteiger partial charge in [0.25, 0.3) is 0 Å². The smallest absolute Gasteiger partial charge is 0.244 e. The fourth-order valence-corrected chi connectivity index (χ4v) is 2.30. The lowest BCUT2D eigenvalue weighted by Gasteiger charge is -2.24. The zero-order chi connectivity index (χ0) is 15.3. The van der Waals surface area contributed by atoms with Crippen LogP contribution in [0.2, 0.25) is 0 Å². The van der Waals surface area contributed by atoms with Gasteiger partial charge in [-0.15, -0.1) is 0 Å². The molecule has 0 saturated carbocycles. The minimum atomic E-state index is -1.01. The predicted molar refractivity (Wildman–Crippen MR) is 85.9 cm³/mol. The van der Waals surface area contributed by atoms with Gasteiger partial charge in [0.1, 0.15) is 5.54 Å². The zero-order valence-electron chi connectivity index (χ0n) is 12.6. The Morgan fingerprint density at radius 2 is 1.71 bits per heavy atom. The van der Waals surface area contributed by atoms with Gasteiger partial charge in [-0.3, -0.25) is 4.79 Å². The zero-order valence-corrected chi connectivity index (χ0v) is 12.6. The first-order valence-corrected chi connectivity index (χ1v) is 7.19. The molecule has 2 aromatic rings. The maximum absolute atomic E-state index is 12.3. The first-order valence-electron chi connectivity index (χ1n) is 7.19. The van der Waals surface area contributed by atoms with E-state index in [9.17, 15) is 4.79 Å². The van der Waals surface area contributed by atoms with E-state index >= 15 is 0 Å². The molecule has 1 amide bonds. The van der Waals surface area contributed by atoms with Gasteiger partial charge in [-0.2, -0.15) is 0 Å². The van der Waals surface area contributed by atoms with Gasteiger partial charge < -0.3 is 11.1 Å². The lowest BCUT2D eigenvalue weighted by atomic mass is 9.92. The molecule has 0 saturated heterocycles. The van der Waals surface area contributed by atoms with E-state index in [0.29, 0.717) is 6.54 Å². The van der Waals surface area contributed by atoms with Crippen LogP contribution < -0.4 is 11.1 Å². The Labute approximate surface area is 126 Å². The summed E-state index contributed by atoms with van der Waals surface area (Å²) < 4.78 is 0. The molecule has 110 valence electrons. The molecule has 0 radical (unpaired) electrons. The topological polar surface area (TPSA) is 55.1 Å². The van der Waals surface area contributed by atoms with Crippen molar-refractivity contribution >= 4 is 5.91 Å². The average Bonchev–Trinajstić information content (AvgIpc) is 2.50. The van der Waals surface area contributed by atoms with Gasteiger partial charge in [-0.25, -0.2) is 0 Å².